The number of hydrogen-bond acceptors (Lipinski definition) is 11. The molecule has 0 radical (unpaired) electrons. The van der Waals surface area contributed by atoms with E-state index in [1.54, 1.807) is 23.0 Å². The quantitative estimate of drug-likeness (QED) is 0.189. The molecule has 5 aliphatic heterocycles. The molecule has 326 valence electrons. The van der Waals surface area contributed by atoms with E-state index in [0.717, 1.165) is 42.0 Å². The third-order valence-corrected chi connectivity index (χ3v) is 12.6. The summed E-state index contributed by atoms with van der Waals surface area (Å²) < 4.78 is 70.4. The number of carbonyl (C=O) groups excluding carboxylic acids is 3. The summed E-state index contributed by atoms with van der Waals surface area (Å²) in [5.41, 5.74) is 4.42. The molecule has 2 bridgehead atoms. The van der Waals surface area contributed by atoms with Gasteiger partial charge in [0.2, 0.25) is 23.7 Å². The van der Waals surface area contributed by atoms with E-state index >= 15 is 17.6 Å². The number of piperidine rings is 2. The number of rotatable bonds is 4. The second-order valence-electron chi connectivity index (χ2n) is 17.0. The first-order valence-electron chi connectivity index (χ1n) is 21.1. The maximum Gasteiger partial charge on any atom is 0.280 e. The Morgan fingerprint density at radius 3 is 2.40 bits per heavy atom. The molecule has 0 saturated carbocycles. The molecule has 2 aromatic heterocycles. The van der Waals surface area contributed by atoms with Crippen molar-refractivity contribution in [3.63, 3.8) is 0 Å². The highest BCUT2D eigenvalue weighted by Gasteiger charge is 2.48. The average molecular weight is 857 g/mol. The number of pyridine rings is 1. The lowest BCUT2D eigenvalue weighted by Gasteiger charge is -2.47. The smallest absolute Gasteiger partial charge is 0.280 e. The second kappa shape index (κ2) is 16.3. The lowest BCUT2D eigenvalue weighted by Crippen LogP contribution is -2.62. The van der Waals surface area contributed by atoms with E-state index in [4.69, 9.17) is 4.74 Å². The van der Waals surface area contributed by atoms with E-state index in [0.29, 0.717) is 73.7 Å². The molecule has 0 aliphatic carbocycles. The Morgan fingerprint density at radius 2 is 1.66 bits per heavy atom. The predicted molar refractivity (Wildman–Crippen MR) is 225 cm³/mol. The molecule has 62 heavy (non-hydrogen) atoms. The molecule has 18 heteroatoms. The highest BCUT2D eigenvalue weighted by molar-refractivity contribution is 6.19. The number of guanidine groups is 1. The van der Waals surface area contributed by atoms with Crippen molar-refractivity contribution in [3.8, 4) is 17.1 Å². The van der Waals surface area contributed by atoms with Gasteiger partial charge in [0.05, 0.1) is 53.9 Å². The molecular formula is C44H48F4N10O4. The molecule has 0 unspecified atom stereocenters. The zero-order valence-electron chi connectivity index (χ0n) is 34.8. The van der Waals surface area contributed by atoms with Gasteiger partial charge in [-0.25, -0.2) is 22.2 Å². The summed E-state index contributed by atoms with van der Waals surface area (Å²) in [6, 6.07) is 10.4. The molecule has 2 N–H and O–H groups in total. The highest BCUT2D eigenvalue weighted by atomic mass is 19.3. The fourth-order valence-corrected chi connectivity index (χ4v) is 9.43. The van der Waals surface area contributed by atoms with Gasteiger partial charge in [0, 0.05) is 80.9 Å². The van der Waals surface area contributed by atoms with Crippen LogP contribution in [0.25, 0.3) is 11.3 Å². The van der Waals surface area contributed by atoms with Crippen LogP contribution in [-0.2, 0) is 16.6 Å². The fourth-order valence-electron chi connectivity index (χ4n) is 9.43. The molecule has 2 aromatic carbocycles. The van der Waals surface area contributed by atoms with E-state index < -0.39 is 59.3 Å². The van der Waals surface area contributed by atoms with Gasteiger partial charge in [-0.3, -0.25) is 29.6 Å². The first kappa shape index (κ1) is 41.3. The van der Waals surface area contributed by atoms with Gasteiger partial charge in [-0.15, -0.1) is 0 Å². The zero-order chi connectivity index (χ0) is 43.4. The van der Waals surface area contributed by atoms with Crippen LogP contribution in [-0.4, -0.2) is 108 Å². The number of fused-ring (bicyclic) bond motifs is 7. The van der Waals surface area contributed by atoms with Crippen LogP contribution >= 0.6 is 0 Å². The number of piperazine rings is 1. The Bertz CT molecular complexity index is 2450. The molecule has 0 spiro atoms. The van der Waals surface area contributed by atoms with E-state index in [2.05, 4.69) is 43.6 Å². The minimum atomic E-state index is -3.18. The van der Waals surface area contributed by atoms with Crippen LogP contribution in [0.15, 0.2) is 53.7 Å². The number of aromatic nitrogens is 3. The maximum atomic E-state index is 16.0. The van der Waals surface area contributed by atoms with Crippen molar-refractivity contribution in [1.82, 2.24) is 25.0 Å². The number of halogens is 4. The van der Waals surface area contributed by atoms with Crippen LogP contribution in [0.5, 0.6) is 5.88 Å². The van der Waals surface area contributed by atoms with Gasteiger partial charge in [-0.2, -0.15) is 10.1 Å². The summed E-state index contributed by atoms with van der Waals surface area (Å²) in [5, 5.41) is 9.86. The average Bonchev–Trinajstić information content (AvgIpc) is 3.77. The first-order valence-corrected chi connectivity index (χ1v) is 21.1. The van der Waals surface area contributed by atoms with Crippen LogP contribution in [0.4, 0.5) is 40.3 Å². The van der Waals surface area contributed by atoms with Crippen molar-refractivity contribution in [2.75, 3.05) is 72.4 Å². The van der Waals surface area contributed by atoms with Crippen LogP contribution in [0.3, 0.4) is 0 Å². The number of benzene rings is 2. The van der Waals surface area contributed by atoms with E-state index in [-0.39, 0.29) is 37.4 Å². The lowest BCUT2D eigenvalue weighted by molar-refractivity contribution is -0.134. The molecule has 5 aliphatic rings. The number of aliphatic imine (C=N–C) groups is 1. The van der Waals surface area contributed by atoms with Gasteiger partial charge >= 0.3 is 0 Å². The molecule has 7 heterocycles. The monoisotopic (exact) mass is 856 g/mol. The van der Waals surface area contributed by atoms with Crippen molar-refractivity contribution >= 4 is 46.4 Å². The Kier molecular flexibility index (Phi) is 10.9. The number of nitrogens with one attached hydrogen (secondary N) is 2. The summed E-state index contributed by atoms with van der Waals surface area (Å²) in [7, 11) is 1.81. The zero-order valence-corrected chi connectivity index (χ0v) is 34.8. The van der Waals surface area contributed by atoms with Crippen molar-refractivity contribution in [3.05, 3.63) is 77.1 Å². The number of imide groups is 1. The van der Waals surface area contributed by atoms with E-state index in [1.807, 2.05) is 35.9 Å². The topological polar surface area (TPSA) is 141 Å². The molecular weight excluding hydrogens is 809 g/mol. The Balaban J connectivity index is 0.883. The predicted octanol–water partition coefficient (Wildman–Crippen LogP) is 5.86. The first-order chi connectivity index (χ1) is 29.7. The Labute approximate surface area is 355 Å². The van der Waals surface area contributed by atoms with Gasteiger partial charge in [0.1, 0.15) is 11.6 Å². The van der Waals surface area contributed by atoms with Crippen LogP contribution in [0.1, 0.15) is 66.6 Å². The van der Waals surface area contributed by atoms with E-state index in [1.165, 1.54) is 4.90 Å². The summed E-state index contributed by atoms with van der Waals surface area (Å²) in [6.07, 6.45) is 3.33. The minimum Gasteiger partial charge on any atom is -0.477 e. The number of hydrogen-bond donors (Lipinski definition) is 2. The number of nitrogens with zero attached hydrogens (tertiary/aromatic N) is 8. The highest BCUT2D eigenvalue weighted by Crippen LogP contribution is 2.40. The van der Waals surface area contributed by atoms with Crippen molar-refractivity contribution in [2.24, 2.45) is 18.0 Å². The number of amides is 3. The maximum absolute atomic E-state index is 16.0. The van der Waals surface area contributed by atoms with Gasteiger partial charge in [0.25, 0.3) is 11.8 Å². The molecule has 4 aromatic rings. The van der Waals surface area contributed by atoms with Gasteiger partial charge in [-0.05, 0) is 81.0 Å². The summed E-state index contributed by atoms with van der Waals surface area (Å²) in [6.45, 7) is 6.26. The number of alkyl halides is 2. The van der Waals surface area contributed by atoms with Gasteiger partial charge in [-0.1, -0.05) is 6.92 Å². The molecule has 3 saturated heterocycles. The summed E-state index contributed by atoms with van der Waals surface area (Å²) in [5.74, 6) is -6.86. The number of ether oxygens (including phenoxy) is 1. The largest absolute Gasteiger partial charge is 0.477 e. The Hall–Kier alpha value is -6.04. The van der Waals surface area contributed by atoms with Crippen molar-refractivity contribution < 1.29 is 36.7 Å². The second-order valence-corrected chi connectivity index (χ2v) is 17.0. The van der Waals surface area contributed by atoms with Crippen molar-refractivity contribution in [1.29, 1.82) is 0 Å². The summed E-state index contributed by atoms with van der Waals surface area (Å²) >= 11 is 0. The lowest BCUT2D eigenvalue weighted by atomic mass is 9.89. The van der Waals surface area contributed by atoms with Gasteiger partial charge < -0.3 is 24.8 Å². The fraction of sp³-hybridized carbons (Fsp3) is 0.455. The van der Waals surface area contributed by atoms with Crippen LogP contribution in [0, 0.1) is 24.5 Å². The third-order valence-electron chi connectivity index (χ3n) is 12.6. The van der Waals surface area contributed by atoms with Gasteiger partial charge in [0.15, 0.2) is 0 Å². The number of carbonyl (C=O) groups is 3. The number of aryl methyl sites for hydroxylation is 2. The minimum absolute atomic E-state index is 0.0184. The van der Waals surface area contributed by atoms with Crippen molar-refractivity contribution in [2.45, 2.75) is 63.8 Å². The van der Waals surface area contributed by atoms with Crippen LogP contribution < -0.4 is 30.1 Å². The molecule has 3 fully saturated rings. The molecule has 3 amide bonds. The standard InChI is InChI=1S/C44H48F4N10O4/c1-25-5-4-16-62-42-31(22-49-54(42)3)35-18-27(17-26(2)50-35)40(60)53-43-51-34-8-6-28(21-36(34)58(43)23-25)55-12-14-56(15-13-55)37-10-11-57(24-44(37,47)48)29-19-32(45)39(33(46)20-29)30-7-9-38(59)52-41(30)61/h6,8,17-22,25,30,37H,4-5,7,9-16,23-24H2,1-3H3,(H,51,53,60)(H,52,59,61)/t25-,30-,37+/m1/s1. The van der Waals surface area contributed by atoms with E-state index in [9.17, 15) is 14.4 Å². The third kappa shape index (κ3) is 7.95. The van der Waals surface area contributed by atoms with Crippen LogP contribution in [0.2, 0.25) is 0 Å². The SMILES string of the molecule is Cc1cc2cc(n1)-c1cnn(C)c1OCCC[C@@H](C)CN1/C(=N/C2=O)Nc2ccc(N3CCN([C@H]4CCN(c5cc(F)c([C@H]6CCC(=O)NC6=O)c(F)c5)CC4(F)F)CC3)cc21. The number of anilines is 4. The molecule has 9 rings (SSSR count). The molecule has 3 atom stereocenters. The molecule has 14 nitrogen and oxygen atoms in total. The normalized spacial score (nSPS) is 24.1. The Morgan fingerprint density at radius 1 is 0.887 bits per heavy atom. The summed E-state index contributed by atoms with van der Waals surface area (Å²) in [4.78, 5) is 54.3.